The summed E-state index contributed by atoms with van der Waals surface area (Å²) in [5.74, 6) is 0.0416. The standard InChI is InChI=1S/C29H41ClN4O3S.C25H35ClN4O3S.C24H31ClN6O3S.C23H31Cl2N5O3S/c1-20-16-26(30)32-22(3)28(20)29(36)31-10-4-21(2)33-11-5-25(6-12-33)34(18-24-9-15-38-19-24)27(35)17-23-7-13-37-14-8-23;1-17-13-22(26)28-19(3)24(17)25(32)27-9-5-18(2)29-10-6-21(7-11-29)30(23(31)15-33-4)14-20-8-12-34-16-20;1-16-12-19(13-26)28-22(25)21(16)23(32)27-8-4-17(2)30-9-5-20(6-10-30)31(24(33)29-34-3)14-18-7-11-35-15-18;1-15-12-19(24)27-21(25)20(15)22(31)26-8-4-16(2)29-9-5-18(6-10-29)30(23(32)28-33-3)13-17-7-11-34-14-17/h9,15-16,19,21,23,25H,4-8,10-14,17-18H2,1-3H3,(H,31,36);8,12-13,16,18,21H,5-7,9-11,14-15H2,1-4H3,(H,27,32);7,11-12,15,17,20H,4-6,8-10,14H2,1-3H3,(H,27,32)(H,29,33);7,11-12,14,16,18H,4-6,8-10,13H2,1-3H3,(H,26,31)(H,28,32)/t;18-;17-;16-/m.111/s1. The van der Waals surface area contributed by atoms with E-state index in [1.54, 1.807) is 97.5 Å². The summed E-state index contributed by atoms with van der Waals surface area (Å²) in [5, 5.41) is 38.7. The van der Waals surface area contributed by atoms with E-state index in [4.69, 9.17) is 82.4 Å². The van der Waals surface area contributed by atoms with Gasteiger partial charge in [0.25, 0.3) is 23.6 Å². The second-order valence-electron chi connectivity index (χ2n) is 36.9. The molecule has 141 heavy (non-hydrogen) atoms. The molecule has 5 aliphatic heterocycles. The van der Waals surface area contributed by atoms with Crippen molar-refractivity contribution in [1.82, 2.24) is 91.4 Å². The van der Waals surface area contributed by atoms with Crippen LogP contribution in [0.2, 0.25) is 25.8 Å². The number of hydrogen-bond acceptors (Lipinski definition) is 25. The van der Waals surface area contributed by atoms with Crippen LogP contribution < -0.4 is 32.2 Å². The maximum absolute atomic E-state index is 13.5. The lowest BCUT2D eigenvalue weighted by molar-refractivity contribution is -0.139. The summed E-state index contributed by atoms with van der Waals surface area (Å²) in [5.41, 5.74) is 15.9. The molecule has 0 aliphatic carbocycles. The summed E-state index contributed by atoms with van der Waals surface area (Å²) < 4.78 is 10.6. The lowest BCUT2D eigenvalue weighted by Crippen LogP contribution is -2.51. The highest BCUT2D eigenvalue weighted by Crippen LogP contribution is 2.32. The molecule has 0 radical (unpaired) electrons. The zero-order chi connectivity index (χ0) is 102. The predicted molar refractivity (Wildman–Crippen MR) is 560 cm³/mol. The predicted octanol–water partition coefficient (Wildman–Crippen LogP) is 17.5. The number of nitrogens with zero attached hydrogens (tertiary/aromatic N) is 13. The average Bonchev–Trinajstić information content (AvgIpc) is 1.41. The Morgan fingerprint density at radius 1 is 0.426 bits per heavy atom. The van der Waals surface area contributed by atoms with Gasteiger partial charge in [0, 0.05) is 180 Å². The van der Waals surface area contributed by atoms with Crippen LogP contribution in [0.3, 0.4) is 0 Å². The van der Waals surface area contributed by atoms with Gasteiger partial charge in [-0.1, -0.05) is 58.0 Å². The number of thiophene rings is 4. The number of rotatable bonds is 38. The Bertz CT molecular complexity index is 5100. The molecule has 8 aromatic heterocycles. The van der Waals surface area contributed by atoms with Gasteiger partial charge in [-0.15, -0.1) is 0 Å². The molecule has 4 atom stereocenters. The number of likely N-dealkylation sites (tertiary alicyclic amines) is 4. The Morgan fingerprint density at radius 2 is 0.723 bits per heavy atom. The minimum Gasteiger partial charge on any atom is -0.381 e. The van der Waals surface area contributed by atoms with Crippen molar-refractivity contribution < 1.29 is 57.5 Å². The van der Waals surface area contributed by atoms with Gasteiger partial charge in [0.15, 0.2) is 0 Å². The molecule has 0 aromatic carbocycles. The summed E-state index contributed by atoms with van der Waals surface area (Å²) >= 11 is 36.7. The number of piperidine rings is 4. The number of methoxy groups -OCH3 is 1. The summed E-state index contributed by atoms with van der Waals surface area (Å²) in [6.45, 7) is 33.3. The molecule has 5 aliphatic rings. The Kier molecular flexibility index (Phi) is 47.4. The van der Waals surface area contributed by atoms with E-state index < -0.39 is 0 Å². The largest absolute Gasteiger partial charge is 0.381 e. The number of aromatic nitrogens is 4. The first-order chi connectivity index (χ1) is 67.7. The Morgan fingerprint density at radius 3 is 1.02 bits per heavy atom. The third-order valence-corrected chi connectivity index (χ3v) is 31.1. The molecular formula is C101H138Cl5N19O12S4. The number of hydroxylamine groups is 2. The second-order valence-corrected chi connectivity index (χ2v) is 41.9. The van der Waals surface area contributed by atoms with E-state index in [0.29, 0.717) is 144 Å². The first-order valence-corrected chi connectivity index (χ1v) is 54.1. The number of carbonyl (C=O) groups excluding carboxylic acids is 8. The van der Waals surface area contributed by atoms with Crippen molar-refractivity contribution in [3.05, 3.63) is 201 Å². The molecule has 13 rings (SSSR count). The topological polar surface area (TPSA) is 347 Å². The van der Waals surface area contributed by atoms with Crippen LogP contribution in [0.15, 0.2) is 91.6 Å². The number of halogens is 5. The number of carbonyl (C=O) groups is 8. The molecule has 8 aromatic rings. The van der Waals surface area contributed by atoms with Crippen LogP contribution in [-0.4, -0.2) is 275 Å². The zero-order valence-electron chi connectivity index (χ0n) is 83.2. The van der Waals surface area contributed by atoms with Gasteiger partial charge in [0.1, 0.15) is 44.1 Å². The molecular weight excluding hydrogens is 1980 g/mol. The molecule has 5 saturated heterocycles. The van der Waals surface area contributed by atoms with Crippen LogP contribution in [-0.2, 0) is 54.9 Å². The molecule has 10 amide bonds. The molecule has 5 fully saturated rings. The third kappa shape index (κ3) is 35.1. The highest BCUT2D eigenvalue weighted by Gasteiger charge is 2.37. The van der Waals surface area contributed by atoms with Crippen molar-refractivity contribution >= 4 is 151 Å². The Balaban J connectivity index is 0.000000194. The Labute approximate surface area is 871 Å². The van der Waals surface area contributed by atoms with Crippen molar-refractivity contribution in [1.29, 1.82) is 5.26 Å². The van der Waals surface area contributed by atoms with Crippen molar-refractivity contribution in [2.45, 2.75) is 240 Å². The molecule has 0 spiro atoms. The maximum Gasteiger partial charge on any atom is 0.341 e. The number of amides is 10. The molecule has 768 valence electrons. The SMILES string of the molecule is COCC(=O)N(Cc1ccsc1)C1CCN([C@H](C)CCNC(=O)c2c(C)cc(Cl)nc2C)CC1.CONC(=O)N(Cc1ccsc1)C1CCN([C@H](C)CCNC(=O)c2c(C)cc(C#N)nc2Cl)CC1.CONC(=O)N(Cc1ccsc1)C1CCN([C@H](C)CCNC(=O)c2c(C)cc(Cl)nc2Cl)CC1.Cc1cc(Cl)nc(C)c1C(=O)NCCC(C)N1CCC(N(Cc2ccsc2)C(=O)CC2CCOCC2)CC1. The molecule has 0 saturated carbocycles. The maximum atomic E-state index is 13.5. The zero-order valence-corrected chi connectivity index (χ0v) is 90.3. The van der Waals surface area contributed by atoms with Crippen molar-refractivity contribution in [3.63, 3.8) is 0 Å². The fourth-order valence-corrected chi connectivity index (χ4v) is 23.2. The molecule has 31 nitrogen and oxygen atoms in total. The van der Waals surface area contributed by atoms with Gasteiger partial charge in [-0.25, -0.2) is 40.5 Å². The highest BCUT2D eigenvalue weighted by molar-refractivity contribution is 7.08. The van der Waals surface area contributed by atoms with E-state index in [-0.39, 0.29) is 99.6 Å². The fraction of sp³-hybridized carbons (Fsp3) is 0.554. The summed E-state index contributed by atoms with van der Waals surface area (Å²) in [6.07, 6.45) is 13.2. The molecule has 0 bridgehead atoms. The van der Waals surface area contributed by atoms with Gasteiger partial charge in [-0.05, 0) is 301 Å². The fourth-order valence-electron chi connectivity index (χ4n) is 19.0. The first-order valence-electron chi connectivity index (χ1n) is 48.4. The van der Waals surface area contributed by atoms with Crippen molar-refractivity contribution in [2.24, 2.45) is 5.92 Å². The lowest BCUT2D eigenvalue weighted by atomic mass is 9.94. The van der Waals surface area contributed by atoms with Crippen LogP contribution in [0.1, 0.15) is 227 Å². The van der Waals surface area contributed by atoms with Crippen LogP contribution in [0, 0.1) is 58.8 Å². The molecule has 6 N–H and O–H groups in total. The van der Waals surface area contributed by atoms with Gasteiger partial charge in [0.2, 0.25) is 11.8 Å². The van der Waals surface area contributed by atoms with Crippen LogP contribution in [0.4, 0.5) is 9.59 Å². The minimum absolute atomic E-state index is 0.0405. The monoisotopic (exact) mass is 2110 g/mol. The van der Waals surface area contributed by atoms with Gasteiger partial charge in [-0.2, -0.15) is 50.6 Å². The van der Waals surface area contributed by atoms with E-state index in [1.807, 2.05) is 69.8 Å². The quantitative estimate of drug-likeness (QED) is 0.0155. The average molecular weight is 2120 g/mol. The van der Waals surface area contributed by atoms with Gasteiger partial charge in [0.05, 0.1) is 47.9 Å². The first kappa shape index (κ1) is 114. The van der Waals surface area contributed by atoms with E-state index in [9.17, 15) is 38.4 Å². The van der Waals surface area contributed by atoms with Gasteiger partial charge in [-0.3, -0.25) is 38.4 Å². The number of nitrogens with one attached hydrogen (secondary N) is 6. The number of hydrogen-bond donors (Lipinski definition) is 6. The van der Waals surface area contributed by atoms with Crippen LogP contribution in [0.25, 0.3) is 0 Å². The van der Waals surface area contributed by atoms with E-state index >= 15 is 0 Å². The third-order valence-electron chi connectivity index (χ3n) is 27.1. The summed E-state index contributed by atoms with van der Waals surface area (Å²) in [6, 6.07) is 18.4. The van der Waals surface area contributed by atoms with Gasteiger partial charge < -0.3 is 69.9 Å². The van der Waals surface area contributed by atoms with Crippen molar-refractivity contribution in [3.8, 4) is 6.07 Å². The van der Waals surface area contributed by atoms with Crippen LogP contribution >= 0.6 is 103 Å². The normalized spacial score (nSPS) is 16.3. The van der Waals surface area contributed by atoms with Gasteiger partial charge >= 0.3 is 12.1 Å². The number of aryl methyl sites for hydroxylation is 6. The lowest BCUT2D eigenvalue weighted by Gasteiger charge is -2.41. The molecule has 13 heterocycles. The number of nitriles is 1. The van der Waals surface area contributed by atoms with E-state index in [2.05, 4.69) is 143 Å². The minimum atomic E-state index is -0.288. The molecule has 1 unspecified atom stereocenters. The molecule has 40 heteroatoms. The Hall–Kier alpha value is -8.62. The summed E-state index contributed by atoms with van der Waals surface area (Å²) in [4.78, 5) is 146. The summed E-state index contributed by atoms with van der Waals surface area (Å²) in [7, 11) is 4.45. The van der Waals surface area contributed by atoms with Crippen LogP contribution in [0.5, 0.6) is 0 Å². The smallest absolute Gasteiger partial charge is 0.341 e. The number of urea groups is 2. The van der Waals surface area contributed by atoms with E-state index in [0.717, 1.165) is 178 Å². The number of pyridine rings is 4. The highest BCUT2D eigenvalue weighted by atomic mass is 35.5. The number of ether oxygens (including phenoxy) is 2. The second kappa shape index (κ2) is 58.5. The van der Waals surface area contributed by atoms with Crippen molar-refractivity contribution in [2.75, 3.05) is 120 Å². The van der Waals surface area contributed by atoms with E-state index in [1.165, 1.54) is 25.3 Å².